The van der Waals surface area contributed by atoms with E-state index in [0.29, 0.717) is 11.8 Å². The SMILES string of the molecule is O=CC(F)c1ccc(I)cc1. The van der Waals surface area contributed by atoms with Gasteiger partial charge in [0.05, 0.1) is 0 Å². The molecule has 11 heavy (non-hydrogen) atoms. The van der Waals surface area contributed by atoms with Crippen LogP contribution in [0.1, 0.15) is 11.7 Å². The van der Waals surface area contributed by atoms with Crippen LogP contribution in [0, 0.1) is 3.57 Å². The van der Waals surface area contributed by atoms with Crippen LogP contribution < -0.4 is 0 Å². The molecule has 1 atom stereocenters. The highest BCUT2D eigenvalue weighted by atomic mass is 127. The van der Waals surface area contributed by atoms with E-state index in [4.69, 9.17) is 0 Å². The summed E-state index contributed by atoms with van der Waals surface area (Å²) in [6.07, 6.45) is -1.19. The van der Waals surface area contributed by atoms with Gasteiger partial charge in [0.25, 0.3) is 0 Å². The van der Waals surface area contributed by atoms with E-state index in [-0.39, 0.29) is 0 Å². The highest BCUT2D eigenvalue weighted by molar-refractivity contribution is 14.1. The van der Waals surface area contributed by atoms with Gasteiger partial charge in [-0.1, -0.05) is 12.1 Å². The summed E-state index contributed by atoms with van der Waals surface area (Å²) < 4.78 is 13.7. The molecule has 0 radical (unpaired) electrons. The van der Waals surface area contributed by atoms with E-state index in [2.05, 4.69) is 22.6 Å². The Kier molecular flexibility index (Phi) is 2.99. The Hall–Kier alpha value is -0.450. The number of hydrogen-bond donors (Lipinski definition) is 0. The van der Waals surface area contributed by atoms with Gasteiger partial charge >= 0.3 is 0 Å². The highest BCUT2D eigenvalue weighted by Gasteiger charge is 2.05. The van der Waals surface area contributed by atoms with Gasteiger partial charge in [-0.2, -0.15) is 0 Å². The van der Waals surface area contributed by atoms with Crippen molar-refractivity contribution in [3.63, 3.8) is 0 Å². The summed E-state index contributed by atoms with van der Waals surface area (Å²) >= 11 is 2.12. The molecule has 0 N–H and O–H groups in total. The van der Waals surface area contributed by atoms with Crippen LogP contribution in [0.2, 0.25) is 0 Å². The number of carbonyl (C=O) groups is 1. The van der Waals surface area contributed by atoms with Crippen molar-refractivity contribution in [2.45, 2.75) is 6.17 Å². The Morgan fingerprint density at radius 2 is 1.91 bits per heavy atom. The van der Waals surface area contributed by atoms with Crippen LogP contribution in [0.4, 0.5) is 4.39 Å². The van der Waals surface area contributed by atoms with Crippen LogP contribution in [0.5, 0.6) is 0 Å². The van der Waals surface area contributed by atoms with Crippen LogP contribution in [0.25, 0.3) is 0 Å². The maximum absolute atomic E-state index is 12.6. The summed E-state index contributed by atoms with van der Waals surface area (Å²) in [7, 11) is 0. The molecule has 0 heterocycles. The first kappa shape index (κ1) is 8.64. The minimum atomic E-state index is -1.48. The monoisotopic (exact) mass is 264 g/mol. The van der Waals surface area contributed by atoms with E-state index in [9.17, 15) is 9.18 Å². The quantitative estimate of drug-likeness (QED) is 0.592. The molecule has 1 unspecified atom stereocenters. The molecule has 1 aromatic carbocycles. The predicted molar refractivity (Wildman–Crippen MR) is 49.1 cm³/mol. The van der Waals surface area contributed by atoms with E-state index in [1.807, 2.05) is 0 Å². The molecule has 0 amide bonds. The van der Waals surface area contributed by atoms with Crippen molar-refractivity contribution < 1.29 is 9.18 Å². The molecule has 0 fully saturated rings. The second-order valence-electron chi connectivity index (χ2n) is 2.09. The Balaban J connectivity index is 2.89. The summed E-state index contributed by atoms with van der Waals surface area (Å²) in [5, 5.41) is 0. The Labute approximate surface area is 77.8 Å². The number of halogens is 2. The molecule has 1 aromatic rings. The molecule has 0 bridgehead atoms. The van der Waals surface area contributed by atoms with E-state index in [1.54, 1.807) is 24.3 Å². The van der Waals surface area contributed by atoms with Gasteiger partial charge in [0.2, 0.25) is 0 Å². The molecule has 3 heteroatoms. The van der Waals surface area contributed by atoms with Crippen LogP contribution >= 0.6 is 22.6 Å². The number of aldehydes is 1. The molecule has 0 aliphatic rings. The minimum absolute atomic E-state index is 0.294. The summed E-state index contributed by atoms with van der Waals surface area (Å²) in [5.74, 6) is 0. The molecule has 58 valence electrons. The van der Waals surface area contributed by atoms with Gasteiger partial charge in [-0.05, 0) is 40.3 Å². The van der Waals surface area contributed by atoms with Crippen LogP contribution in [-0.2, 0) is 4.79 Å². The van der Waals surface area contributed by atoms with Crippen molar-refractivity contribution in [3.05, 3.63) is 33.4 Å². The first-order valence-corrected chi connectivity index (χ1v) is 4.17. The van der Waals surface area contributed by atoms with Crippen LogP contribution in [-0.4, -0.2) is 6.29 Å². The average molecular weight is 264 g/mol. The van der Waals surface area contributed by atoms with Crippen LogP contribution in [0.3, 0.4) is 0 Å². The van der Waals surface area contributed by atoms with Crippen molar-refractivity contribution in [2.24, 2.45) is 0 Å². The van der Waals surface area contributed by atoms with Crippen molar-refractivity contribution in [2.75, 3.05) is 0 Å². The zero-order valence-electron chi connectivity index (χ0n) is 5.63. The maximum atomic E-state index is 12.6. The molecule has 0 saturated heterocycles. The third-order valence-electron chi connectivity index (χ3n) is 1.31. The fourth-order valence-corrected chi connectivity index (χ4v) is 1.08. The second-order valence-corrected chi connectivity index (χ2v) is 3.34. The number of rotatable bonds is 2. The number of benzene rings is 1. The Morgan fingerprint density at radius 3 is 2.36 bits per heavy atom. The minimum Gasteiger partial charge on any atom is -0.300 e. The summed E-state index contributed by atoms with van der Waals surface area (Å²) in [6, 6.07) is 6.76. The van der Waals surface area contributed by atoms with Gasteiger partial charge in [-0.3, -0.25) is 4.79 Å². The largest absolute Gasteiger partial charge is 0.300 e. The molecule has 0 saturated carbocycles. The molecule has 0 aliphatic carbocycles. The van der Waals surface area contributed by atoms with E-state index in [1.165, 1.54) is 0 Å². The zero-order valence-corrected chi connectivity index (χ0v) is 7.79. The zero-order chi connectivity index (χ0) is 8.27. The van der Waals surface area contributed by atoms with Gasteiger partial charge in [0.1, 0.15) is 0 Å². The summed E-state index contributed by atoms with van der Waals surface area (Å²) in [5.41, 5.74) is 0.417. The highest BCUT2D eigenvalue weighted by Crippen LogP contribution is 2.15. The molecule has 1 rings (SSSR count). The van der Waals surface area contributed by atoms with Gasteiger partial charge < -0.3 is 0 Å². The van der Waals surface area contributed by atoms with Crippen molar-refractivity contribution in [1.82, 2.24) is 0 Å². The number of alkyl halides is 1. The lowest BCUT2D eigenvalue weighted by molar-refractivity contribution is -0.112. The molecule has 0 aliphatic heterocycles. The van der Waals surface area contributed by atoms with E-state index in [0.717, 1.165) is 3.57 Å². The normalized spacial score (nSPS) is 12.5. The molecular formula is C8H6FIO. The standard InChI is InChI=1S/C8H6FIO/c9-8(5-11)6-1-3-7(10)4-2-6/h1-5,8H. The molecule has 0 spiro atoms. The first-order chi connectivity index (χ1) is 5.24. The smallest absolute Gasteiger partial charge is 0.180 e. The third kappa shape index (κ3) is 2.25. The lowest BCUT2D eigenvalue weighted by atomic mass is 10.1. The second kappa shape index (κ2) is 3.80. The fraction of sp³-hybridized carbons (Fsp3) is 0.125. The summed E-state index contributed by atoms with van der Waals surface area (Å²) in [4.78, 5) is 10.0. The topological polar surface area (TPSA) is 17.1 Å². The van der Waals surface area contributed by atoms with Crippen molar-refractivity contribution in [3.8, 4) is 0 Å². The Morgan fingerprint density at radius 1 is 1.36 bits per heavy atom. The Bertz CT molecular complexity index is 245. The van der Waals surface area contributed by atoms with E-state index >= 15 is 0 Å². The van der Waals surface area contributed by atoms with Crippen LogP contribution in [0.15, 0.2) is 24.3 Å². The van der Waals surface area contributed by atoms with E-state index < -0.39 is 6.17 Å². The first-order valence-electron chi connectivity index (χ1n) is 3.09. The predicted octanol–water partition coefficient (Wildman–Crippen LogP) is 2.50. The molecule has 0 aromatic heterocycles. The maximum Gasteiger partial charge on any atom is 0.180 e. The van der Waals surface area contributed by atoms with Gasteiger partial charge in [0, 0.05) is 3.57 Å². The van der Waals surface area contributed by atoms with Crippen molar-refractivity contribution in [1.29, 1.82) is 0 Å². The number of carbonyl (C=O) groups excluding carboxylic acids is 1. The summed E-state index contributed by atoms with van der Waals surface area (Å²) in [6.45, 7) is 0. The van der Waals surface area contributed by atoms with Gasteiger partial charge in [-0.25, -0.2) is 4.39 Å². The van der Waals surface area contributed by atoms with Gasteiger partial charge in [0.15, 0.2) is 12.5 Å². The lowest BCUT2D eigenvalue weighted by Gasteiger charge is -1.99. The molecular weight excluding hydrogens is 258 g/mol. The third-order valence-corrected chi connectivity index (χ3v) is 2.03. The molecule has 1 nitrogen and oxygen atoms in total. The fourth-order valence-electron chi connectivity index (χ4n) is 0.725. The van der Waals surface area contributed by atoms with Gasteiger partial charge in [-0.15, -0.1) is 0 Å². The number of hydrogen-bond acceptors (Lipinski definition) is 1. The lowest BCUT2D eigenvalue weighted by Crippen LogP contribution is -1.91. The van der Waals surface area contributed by atoms with Crippen molar-refractivity contribution >= 4 is 28.9 Å². The average Bonchev–Trinajstić information content (AvgIpc) is 2.05.